The van der Waals surface area contributed by atoms with Crippen molar-refractivity contribution in [3.63, 3.8) is 0 Å². The Labute approximate surface area is 247 Å². The minimum Gasteiger partial charge on any atom is -0.453 e. The first-order valence-corrected chi connectivity index (χ1v) is 14.5. The predicted molar refractivity (Wildman–Crippen MR) is 164 cm³/mol. The highest BCUT2D eigenvalue weighted by Gasteiger charge is 2.33. The maximum absolute atomic E-state index is 14.1. The van der Waals surface area contributed by atoms with Crippen LogP contribution in [0, 0.1) is 0 Å². The average Bonchev–Trinajstić information content (AvgIpc) is 3.47. The zero-order chi connectivity index (χ0) is 29.3. The second kappa shape index (κ2) is 14.2. The molecule has 3 aromatic rings. The van der Waals surface area contributed by atoms with E-state index >= 15 is 0 Å². The predicted octanol–water partition coefficient (Wildman–Crippen LogP) is 4.87. The number of aryl methyl sites for hydroxylation is 1. The summed E-state index contributed by atoms with van der Waals surface area (Å²) >= 11 is 0. The maximum atomic E-state index is 14.1. The van der Waals surface area contributed by atoms with E-state index in [1.54, 1.807) is 0 Å². The van der Waals surface area contributed by atoms with Crippen molar-refractivity contribution in [2.75, 3.05) is 20.3 Å². The zero-order valence-electron chi connectivity index (χ0n) is 24.2. The Morgan fingerprint density at radius 2 is 1.60 bits per heavy atom. The Bertz CT molecular complexity index is 1380. The lowest BCUT2D eigenvalue weighted by Gasteiger charge is -2.30. The molecule has 0 bridgehead atoms. The van der Waals surface area contributed by atoms with Crippen molar-refractivity contribution in [1.29, 1.82) is 0 Å². The van der Waals surface area contributed by atoms with E-state index in [4.69, 9.17) is 9.47 Å². The number of nitrogens with one attached hydrogen (secondary N) is 2. The summed E-state index contributed by atoms with van der Waals surface area (Å²) in [6, 6.07) is 26.9. The number of methoxy groups -OCH3 is 1. The molecule has 1 fully saturated rings. The van der Waals surface area contributed by atoms with Gasteiger partial charge in [-0.1, -0.05) is 84.9 Å². The molecule has 3 aromatic carbocycles. The molecule has 8 heteroatoms. The number of rotatable bonds is 11. The summed E-state index contributed by atoms with van der Waals surface area (Å²) in [5.41, 5.74) is 6.01. The first kappa shape index (κ1) is 29.4. The summed E-state index contributed by atoms with van der Waals surface area (Å²) in [5, 5.41) is 14.9. The van der Waals surface area contributed by atoms with E-state index in [1.807, 2.05) is 85.8 Å². The number of ketones is 1. The summed E-state index contributed by atoms with van der Waals surface area (Å²) in [6.07, 6.45) is 2.03. The van der Waals surface area contributed by atoms with Gasteiger partial charge in [-0.2, -0.15) is 10.2 Å². The van der Waals surface area contributed by atoms with Crippen LogP contribution in [0.5, 0.6) is 0 Å². The quantitative estimate of drug-likeness (QED) is 0.345. The van der Waals surface area contributed by atoms with Gasteiger partial charge in [0.05, 0.1) is 31.6 Å². The molecule has 2 N–H and O–H groups in total. The van der Waals surface area contributed by atoms with Crippen molar-refractivity contribution in [3.05, 3.63) is 107 Å². The summed E-state index contributed by atoms with van der Waals surface area (Å²) in [5.74, 6) is -0.460. The highest BCUT2D eigenvalue weighted by atomic mass is 16.5. The van der Waals surface area contributed by atoms with Gasteiger partial charge in [0.1, 0.15) is 6.04 Å². The van der Waals surface area contributed by atoms with Crippen LogP contribution in [0.15, 0.2) is 95.1 Å². The van der Waals surface area contributed by atoms with Crippen molar-refractivity contribution >= 4 is 23.3 Å². The van der Waals surface area contributed by atoms with Crippen LogP contribution >= 0.6 is 0 Å². The lowest BCUT2D eigenvalue weighted by atomic mass is 9.81. The Balaban J connectivity index is 1.29. The van der Waals surface area contributed by atoms with Gasteiger partial charge in [0, 0.05) is 31.0 Å². The van der Waals surface area contributed by atoms with Crippen molar-refractivity contribution in [2.24, 2.45) is 10.2 Å². The van der Waals surface area contributed by atoms with E-state index in [9.17, 15) is 9.59 Å². The van der Waals surface area contributed by atoms with Gasteiger partial charge < -0.3 is 20.1 Å². The largest absolute Gasteiger partial charge is 0.453 e. The second-order valence-electron chi connectivity index (χ2n) is 10.9. The SMILES string of the molecule is COC(=O)N[C@H](C(=O)Cc1ccccc1CC[C@@H]1CN[C@H](C2=NN=C(C)C2)CO1)C(c1ccccc1)c1ccccc1. The normalized spacial score (nSPS) is 19.1. The van der Waals surface area contributed by atoms with Crippen LogP contribution in [0.1, 0.15) is 47.9 Å². The van der Waals surface area contributed by atoms with Gasteiger partial charge in [0.15, 0.2) is 5.78 Å². The molecule has 1 amide bonds. The number of carbonyl (C=O) groups is 2. The second-order valence-corrected chi connectivity index (χ2v) is 10.9. The smallest absolute Gasteiger partial charge is 0.407 e. The molecule has 1 saturated heterocycles. The fraction of sp³-hybridized carbons (Fsp3) is 0.353. The monoisotopic (exact) mass is 566 g/mol. The van der Waals surface area contributed by atoms with Crippen molar-refractivity contribution in [2.45, 2.75) is 56.7 Å². The number of carbonyl (C=O) groups excluding carboxylic acids is 2. The number of morpholine rings is 1. The molecule has 0 aromatic heterocycles. The Hall–Kier alpha value is -4.14. The third kappa shape index (κ3) is 7.38. The highest BCUT2D eigenvalue weighted by molar-refractivity contribution is 6.08. The molecule has 2 heterocycles. The molecule has 0 radical (unpaired) electrons. The van der Waals surface area contributed by atoms with Crippen LogP contribution in [-0.2, 0) is 27.1 Å². The van der Waals surface area contributed by atoms with Gasteiger partial charge in [-0.3, -0.25) is 4.79 Å². The number of alkyl carbamates (subject to hydrolysis) is 1. The topological polar surface area (TPSA) is 101 Å². The molecule has 2 aliphatic rings. The summed E-state index contributed by atoms with van der Waals surface area (Å²) in [7, 11) is 1.31. The van der Waals surface area contributed by atoms with Crippen LogP contribution in [-0.4, -0.2) is 61.7 Å². The number of hydrogen-bond donors (Lipinski definition) is 2. The van der Waals surface area contributed by atoms with E-state index in [0.29, 0.717) is 6.61 Å². The van der Waals surface area contributed by atoms with Gasteiger partial charge in [0.2, 0.25) is 0 Å². The van der Waals surface area contributed by atoms with Crippen LogP contribution in [0.25, 0.3) is 0 Å². The lowest BCUT2D eigenvalue weighted by Crippen LogP contribution is -2.50. The zero-order valence-corrected chi connectivity index (χ0v) is 24.2. The van der Waals surface area contributed by atoms with Crippen molar-refractivity contribution < 1.29 is 19.1 Å². The standard InChI is InChI=1S/C34H38N4O4/c1-23-19-29(38-37-23)30-22-42-28(21-35-30)18-17-24-11-9-10-16-27(24)20-31(39)33(36-34(40)41-2)32(25-12-5-3-6-13-25)26-14-7-4-8-15-26/h3-16,28,30,32-33,35H,17-22H2,1-2H3,(H,36,40)/t28-,30+,33-/m1/s1. The van der Waals surface area contributed by atoms with E-state index < -0.39 is 12.1 Å². The number of amides is 1. The van der Waals surface area contributed by atoms with Crippen LogP contribution in [0.3, 0.4) is 0 Å². The molecule has 0 spiro atoms. The molecule has 0 saturated carbocycles. The third-order valence-electron chi connectivity index (χ3n) is 7.95. The maximum Gasteiger partial charge on any atom is 0.407 e. The molecule has 0 unspecified atom stereocenters. The minimum atomic E-state index is -0.816. The molecule has 3 atom stereocenters. The van der Waals surface area contributed by atoms with Gasteiger partial charge >= 0.3 is 6.09 Å². The molecule has 42 heavy (non-hydrogen) atoms. The molecular formula is C34H38N4O4. The number of benzene rings is 3. The Morgan fingerprint density at radius 1 is 0.952 bits per heavy atom. The summed E-state index contributed by atoms with van der Waals surface area (Å²) in [4.78, 5) is 26.6. The number of ether oxygens (including phenoxy) is 2. The molecule has 8 nitrogen and oxygen atoms in total. The Kier molecular flexibility index (Phi) is 9.90. The molecular weight excluding hydrogens is 528 g/mol. The van der Waals surface area contributed by atoms with Crippen LogP contribution < -0.4 is 10.6 Å². The summed E-state index contributed by atoms with van der Waals surface area (Å²) in [6.45, 7) is 3.31. The third-order valence-corrected chi connectivity index (χ3v) is 7.95. The fourth-order valence-corrected chi connectivity index (χ4v) is 5.72. The van der Waals surface area contributed by atoms with E-state index in [2.05, 4.69) is 26.9 Å². The number of hydrogen-bond acceptors (Lipinski definition) is 7. The summed E-state index contributed by atoms with van der Waals surface area (Å²) < 4.78 is 11.1. The van der Waals surface area contributed by atoms with Crippen molar-refractivity contribution in [3.8, 4) is 0 Å². The lowest BCUT2D eigenvalue weighted by molar-refractivity contribution is -0.120. The van der Waals surface area contributed by atoms with Crippen LogP contribution in [0.2, 0.25) is 0 Å². The minimum absolute atomic E-state index is 0.0725. The average molecular weight is 567 g/mol. The van der Waals surface area contributed by atoms with Gasteiger partial charge in [-0.25, -0.2) is 4.79 Å². The first-order valence-electron chi connectivity index (χ1n) is 14.5. The highest BCUT2D eigenvalue weighted by Crippen LogP contribution is 2.30. The van der Waals surface area contributed by atoms with E-state index in [1.165, 1.54) is 7.11 Å². The fourth-order valence-electron chi connectivity index (χ4n) is 5.72. The van der Waals surface area contributed by atoms with Crippen LogP contribution in [0.4, 0.5) is 4.79 Å². The molecule has 0 aliphatic carbocycles. The van der Waals surface area contributed by atoms with E-state index in [-0.39, 0.29) is 30.3 Å². The molecule has 5 rings (SSSR count). The molecule has 2 aliphatic heterocycles. The number of Topliss-reactive ketones (excluding diaryl/α,β-unsaturated/α-hetero) is 1. The Morgan fingerprint density at radius 3 is 2.17 bits per heavy atom. The molecule has 218 valence electrons. The first-order chi connectivity index (χ1) is 20.5. The van der Waals surface area contributed by atoms with E-state index in [0.717, 1.165) is 59.5 Å². The van der Waals surface area contributed by atoms with Crippen molar-refractivity contribution in [1.82, 2.24) is 10.6 Å². The van der Waals surface area contributed by atoms with Gasteiger partial charge in [-0.15, -0.1) is 0 Å². The number of nitrogens with zero attached hydrogens (tertiary/aromatic N) is 2. The van der Waals surface area contributed by atoms with Gasteiger partial charge in [0.25, 0.3) is 0 Å². The van der Waals surface area contributed by atoms with Gasteiger partial charge in [-0.05, 0) is 42.0 Å².